The van der Waals surface area contributed by atoms with Crippen molar-refractivity contribution < 1.29 is 0 Å². The Morgan fingerprint density at radius 2 is 0.621 bits per heavy atom. The van der Waals surface area contributed by atoms with Crippen LogP contribution in [0.3, 0.4) is 0 Å². The van der Waals surface area contributed by atoms with E-state index in [0.29, 0.717) is 0 Å². The van der Waals surface area contributed by atoms with Crippen LogP contribution in [-0.2, 0) is 0 Å². The molecular weight excluding hydrogens is 388 g/mol. The first-order chi connectivity index (χ1) is 14.4. The van der Waals surface area contributed by atoms with Gasteiger partial charge in [-0.15, -0.1) is 0 Å². The maximum Gasteiger partial charge on any atom is 0.0241 e. The molecule has 4 aromatic carbocycles. The van der Waals surface area contributed by atoms with Gasteiger partial charge >= 0.3 is 0 Å². The molecule has 1 N–H and O–H groups in total. The van der Waals surface area contributed by atoms with Gasteiger partial charge in [0.25, 0.3) is 0 Å². The summed E-state index contributed by atoms with van der Waals surface area (Å²) in [6, 6.07) is 43.7. The Bertz CT molecular complexity index is 814. The summed E-state index contributed by atoms with van der Waals surface area (Å²) in [6.45, 7) is 0. The van der Waals surface area contributed by atoms with Gasteiger partial charge in [0.05, 0.1) is 0 Å². The van der Waals surface area contributed by atoms with Crippen molar-refractivity contribution in [2.24, 2.45) is 0 Å². The highest BCUT2D eigenvalue weighted by molar-refractivity contribution is 7.73. The van der Waals surface area contributed by atoms with Crippen molar-refractivity contribution in [3.05, 3.63) is 121 Å². The van der Waals surface area contributed by atoms with Crippen LogP contribution in [0.15, 0.2) is 121 Å². The average Bonchev–Trinajstić information content (AvgIpc) is 2.81. The molecular formula is C26H25NP2. The number of hydrogen-bond donors (Lipinski definition) is 1. The van der Waals surface area contributed by atoms with Crippen LogP contribution in [0.25, 0.3) is 0 Å². The largest absolute Gasteiger partial charge is 0.308 e. The molecule has 0 aliphatic rings. The van der Waals surface area contributed by atoms with Crippen LogP contribution in [0.1, 0.15) is 0 Å². The fourth-order valence-corrected chi connectivity index (χ4v) is 7.67. The highest BCUT2D eigenvalue weighted by Gasteiger charge is 2.16. The molecule has 144 valence electrons. The summed E-state index contributed by atoms with van der Waals surface area (Å²) in [6.07, 6.45) is 1.98. The van der Waals surface area contributed by atoms with Crippen LogP contribution in [0.2, 0.25) is 0 Å². The standard InChI is InChI=1S/C26H25NP2/c1-5-13-23(14-6-1)28(24-15-7-2-8-16-24)21-27-22-29(25-17-9-3-10-18-25)26-19-11-4-12-20-26/h1-20,27H,21-22H2. The molecule has 0 saturated carbocycles. The van der Waals surface area contributed by atoms with Crippen molar-refractivity contribution in [3.63, 3.8) is 0 Å². The summed E-state index contributed by atoms with van der Waals surface area (Å²) in [5, 5.41) is 9.52. The Morgan fingerprint density at radius 3 is 0.862 bits per heavy atom. The molecule has 0 amide bonds. The first kappa shape index (κ1) is 20.0. The number of benzene rings is 4. The molecule has 0 aliphatic heterocycles. The number of hydrogen-bond acceptors (Lipinski definition) is 1. The minimum atomic E-state index is -0.420. The van der Waals surface area contributed by atoms with Crippen molar-refractivity contribution in [3.8, 4) is 0 Å². The second kappa shape index (κ2) is 10.5. The zero-order valence-electron chi connectivity index (χ0n) is 16.4. The molecule has 0 fully saturated rings. The fourth-order valence-electron chi connectivity index (χ4n) is 3.37. The summed E-state index contributed by atoms with van der Waals surface area (Å²) < 4.78 is 0. The van der Waals surface area contributed by atoms with Gasteiger partial charge in [-0.1, -0.05) is 121 Å². The lowest BCUT2D eigenvalue weighted by Crippen LogP contribution is -2.27. The minimum Gasteiger partial charge on any atom is -0.308 e. The van der Waals surface area contributed by atoms with E-state index in [4.69, 9.17) is 0 Å². The molecule has 0 saturated heterocycles. The SMILES string of the molecule is c1ccc(P(CNCP(c2ccccc2)c2ccccc2)c2ccccc2)cc1. The molecule has 29 heavy (non-hydrogen) atoms. The third-order valence-corrected chi connectivity index (χ3v) is 9.58. The second-order valence-electron chi connectivity index (χ2n) is 6.76. The monoisotopic (exact) mass is 413 g/mol. The molecule has 1 nitrogen and oxygen atoms in total. The third-order valence-electron chi connectivity index (χ3n) is 4.81. The maximum atomic E-state index is 3.84. The summed E-state index contributed by atoms with van der Waals surface area (Å²) in [7, 11) is -0.840. The van der Waals surface area contributed by atoms with Crippen molar-refractivity contribution in [1.82, 2.24) is 5.32 Å². The van der Waals surface area contributed by atoms with E-state index in [9.17, 15) is 0 Å². The Morgan fingerprint density at radius 1 is 0.379 bits per heavy atom. The molecule has 3 heteroatoms. The molecule has 4 aromatic rings. The third kappa shape index (κ3) is 5.40. The molecule has 0 heterocycles. The van der Waals surface area contributed by atoms with E-state index in [1.165, 1.54) is 21.2 Å². The van der Waals surface area contributed by atoms with Gasteiger partial charge in [-0.2, -0.15) is 0 Å². The molecule has 0 aliphatic carbocycles. The van der Waals surface area contributed by atoms with E-state index >= 15 is 0 Å². The van der Waals surface area contributed by atoms with Gasteiger partial charge in [0.1, 0.15) is 0 Å². The Labute approximate surface area is 176 Å². The van der Waals surface area contributed by atoms with Gasteiger partial charge in [-0.3, -0.25) is 0 Å². The van der Waals surface area contributed by atoms with E-state index < -0.39 is 15.8 Å². The van der Waals surface area contributed by atoms with Crippen molar-refractivity contribution in [2.75, 3.05) is 12.6 Å². The van der Waals surface area contributed by atoms with E-state index in [1.54, 1.807) is 0 Å². The van der Waals surface area contributed by atoms with Crippen molar-refractivity contribution in [1.29, 1.82) is 0 Å². The maximum absolute atomic E-state index is 3.84. The lowest BCUT2D eigenvalue weighted by molar-refractivity contribution is 0.939. The lowest BCUT2D eigenvalue weighted by Gasteiger charge is -2.23. The van der Waals surface area contributed by atoms with Crippen LogP contribution < -0.4 is 26.5 Å². The first-order valence-corrected chi connectivity index (χ1v) is 12.9. The Kier molecular flexibility index (Phi) is 7.22. The zero-order valence-corrected chi connectivity index (χ0v) is 18.1. The van der Waals surface area contributed by atoms with Crippen LogP contribution in [0, 0.1) is 0 Å². The van der Waals surface area contributed by atoms with E-state index in [0.717, 1.165) is 12.6 Å². The van der Waals surface area contributed by atoms with Crippen molar-refractivity contribution >= 4 is 37.1 Å². The summed E-state index contributed by atoms with van der Waals surface area (Å²) in [5.41, 5.74) is 0. The quantitative estimate of drug-likeness (QED) is 0.411. The topological polar surface area (TPSA) is 12.0 Å². The highest BCUT2D eigenvalue weighted by atomic mass is 31.1. The van der Waals surface area contributed by atoms with E-state index in [-0.39, 0.29) is 0 Å². The molecule has 0 radical (unpaired) electrons. The molecule has 0 atom stereocenters. The van der Waals surface area contributed by atoms with Gasteiger partial charge in [-0.25, -0.2) is 0 Å². The predicted octanol–water partition coefficient (Wildman–Crippen LogP) is 4.76. The molecule has 0 unspecified atom stereocenters. The van der Waals surface area contributed by atoms with Crippen LogP contribution in [0.4, 0.5) is 0 Å². The van der Waals surface area contributed by atoms with Crippen LogP contribution >= 0.6 is 15.8 Å². The average molecular weight is 413 g/mol. The second-order valence-corrected chi connectivity index (χ2v) is 11.2. The van der Waals surface area contributed by atoms with E-state index in [1.807, 2.05) is 0 Å². The predicted molar refractivity (Wildman–Crippen MR) is 131 cm³/mol. The normalized spacial score (nSPS) is 11.1. The smallest absolute Gasteiger partial charge is 0.0241 e. The highest BCUT2D eigenvalue weighted by Crippen LogP contribution is 2.35. The lowest BCUT2D eigenvalue weighted by atomic mass is 10.4. The molecule has 4 rings (SSSR count). The molecule has 0 bridgehead atoms. The van der Waals surface area contributed by atoms with Gasteiger partial charge in [0.15, 0.2) is 0 Å². The first-order valence-electron chi connectivity index (χ1n) is 9.88. The Balaban J connectivity index is 1.53. The number of rotatable bonds is 8. The zero-order chi connectivity index (χ0) is 19.7. The van der Waals surface area contributed by atoms with Crippen molar-refractivity contribution in [2.45, 2.75) is 0 Å². The van der Waals surface area contributed by atoms with Gasteiger partial charge in [0.2, 0.25) is 0 Å². The minimum absolute atomic E-state index is 0.420. The van der Waals surface area contributed by atoms with Gasteiger partial charge < -0.3 is 5.32 Å². The van der Waals surface area contributed by atoms with Gasteiger partial charge in [-0.05, 0) is 37.1 Å². The summed E-state index contributed by atoms with van der Waals surface area (Å²) in [5.74, 6) is 0. The number of nitrogens with one attached hydrogen (secondary N) is 1. The Hall–Kier alpha value is -2.30. The van der Waals surface area contributed by atoms with Crippen LogP contribution in [0.5, 0.6) is 0 Å². The van der Waals surface area contributed by atoms with E-state index in [2.05, 4.69) is 127 Å². The summed E-state index contributed by atoms with van der Waals surface area (Å²) in [4.78, 5) is 0. The van der Waals surface area contributed by atoms with Crippen LogP contribution in [-0.4, -0.2) is 12.6 Å². The molecule has 0 aromatic heterocycles. The molecule has 0 spiro atoms. The fraction of sp³-hybridized carbons (Fsp3) is 0.0769. The van der Waals surface area contributed by atoms with Gasteiger partial charge in [0, 0.05) is 12.6 Å². The summed E-state index contributed by atoms with van der Waals surface area (Å²) >= 11 is 0.